The highest BCUT2D eigenvalue weighted by molar-refractivity contribution is 7.88. The molecule has 10 N–H and O–H groups in total. The number of carbonyl (C=O) groups excluding carboxylic acids is 6. The molecule has 9 heterocycles. The van der Waals surface area contributed by atoms with Crippen molar-refractivity contribution < 1.29 is 58.8 Å². The Morgan fingerprint density at radius 2 is 0.772 bits per heavy atom. The molecule has 0 bridgehead atoms. The third-order valence-corrected chi connectivity index (χ3v) is 21.5. The molecular formula is C68H79F3N18O10S2. The molecule has 0 spiro atoms. The van der Waals surface area contributed by atoms with E-state index in [1.807, 2.05) is 20.8 Å². The van der Waals surface area contributed by atoms with Crippen LogP contribution in [0.25, 0.3) is 49.8 Å². The number of rotatable bonds is 20. The topological polar surface area (TPSA) is 395 Å². The molecule has 2 unspecified atom stereocenters. The van der Waals surface area contributed by atoms with Crippen LogP contribution in [0.4, 0.5) is 13.2 Å². The number of benzene rings is 3. The van der Waals surface area contributed by atoms with Gasteiger partial charge in [0.05, 0.1) is 106 Å². The maximum atomic E-state index is 13.3. The molecule has 33 heteroatoms. The van der Waals surface area contributed by atoms with Gasteiger partial charge in [0, 0.05) is 66.0 Å². The van der Waals surface area contributed by atoms with E-state index < -0.39 is 43.9 Å². The fourth-order valence-corrected chi connectivity index (χ4v) is 15.8. The number of fused-ring (bicyclic) bond motifs is 3. The summed E-state index contributed by atoms with van der Waals surface area (Å²) in [7, 11) is -7.16. The van der Waals surface area contributed by atoms with Gasteiger partial charge in [0.2, 0.25) is 37.8 Å². The molecule has 534 valence electrons. The number of sulfonamides is 2. The van der Waals surface area contributed by atoms with Crippen molar-refractivity contribution in [2.24, 2.45) is 35.0 Å². The quantitative estimate of drug-likeness (QED) is 0.0521. The molecule has 101 heavy (non-hydrogen) atoms. The van der Waals surface area contributed by atoms with Gasteiger partial charge >= 0.3 is 0 Å². The van der Waals surface area contributed by atoms with Crippen molar-refractivity contribution in [1.82, 2.24) is 74.2 Å². The van der Waals surface area contributed by atoms with Crippen molar-refractivity contribution in [3.05, 3.63) is 163 Å². The number of carbonyl (C=O) groups is 6. The lowest BCUT2D eigenvalue weighted by Gasteiger charge is -2.39. The minimum absolute atomic E-state index is 0.0844. The average Bonchev–Trinajstić information content (AvgIpc) is 1.76. The Hall–Kier alpha value is -10.1. The molecule has 0 aliphatic carbocycles. The molecule has 3 aromatic carbocycles. The van der Waals surface area contributed by atoms with Gasteiger partial charge in [-0.15, -0.1) is 0 Å². The van der Waals surface area contributed by atoms with Gasteiger partial charge in [0.15, 0.2) is 0 Å². The van der Waals surface area contributed by atoms with Crippen LogP contribution in [0.15, 0.2) is 129 Å². The van der Waals surface area contributed by atoms with Crippen LogP contribution in [-0.2, 0) is 34.4 Å². The molecule has 3 saturated heterocycles. The number of hydrogen-bond acceptors (Lipinski definition) is 17. The number of amides is 6. The van der Waals surface area contributed by atoms with Crippen LogP contribution in [0.3, 0.4) is 0 Å². The first-order valence-corrected chi connectivity index (χ1v) is 36.6. The molecule has 6 aromatic heterocycles. The molecule has 9 aromatic rings. The third-order valence-electron chi connectivity index (χ3n) is 18.9. The van der Waals surface area contributed by atoms with Crippen molar-refractivity contribution >= 4 is 88.2 Å². The summed E-state index contributed by atoms with van der Waals surface area (Å²) in [4.78, 5) is 87.8. The van der Waals surface area contributed by atoms with Gasteiger partial charge in [0.25, 0.3) is 17.7 Å². The van der Waals surface area contributed by atoms with E-state index in [1.165, 1.54) is 55.0 Å². The second-order valence-corrected chi connectivity index (χ2v) is 29.1. The summed E-state index contributed by atoms with van der Waals surface area (Å²) in [5.41, 5.74) is 21.3. The van der Waals surface area contributed by atoms with Gasteiger partial charge in [-0.1, -0.05) is 20.8 Å². The van der Waals surface area contributed by atoms with E-state index in [1.54, 1.807) is 87.6 Å². The first-order valence-electron chi connectivity index (χ1n) is 32.9. The number of nitrogens with zero attached hydrogens (tertiary/aromatic N) is 11. The van der Waals surface area contributed by atoms with Crippen LogP contribution in [0.2, 0.25) is 0 Å². The smallest absolute Gasteiger partial charge is 0.253 e. The summed E-state index contributed by atoms with van der Waals surface area (Å²) in [5, 5.41) is 27.2. The third kappa shape index (κ3) is 16.9. The number of hydrogen-bond donors (Lipinski definition) is 7. The van der Waals surface area contributed by atoms with E-state index in [-0.39, 0.29) is 109 Å². The molecule has 12 rings (SSSR count). The minimum Gasteiger partial charge on any atom is -0.368 e. The van der Waals surface area contributed by atoms with E-state index in [2.05, 4.69) is 51.5 Å². The molecule has 3 fully saturated rings. The van der Waals surface area contributed by atoms with Gasteiger partial charge in [-0.25, -0.2) is 44.1 Å². The average molecular weight is 1430 g/mol. The zero-order valence-electron chi connectivity index (χ0n) is 56.0. The van der Waals surface area contributed by atoms with E-state index >= 15 is 0 Å². The van der Waals surface area contributed by atoms with Crippen molar-refractivity contribution in [2.45, 2.75) is 115 Å². The van der Waals surface area contributed by atoms with Crippen molar-refractivity contribution in [3.63, 3.8) is 0 Å². The van der Waals surface area contributed by atoms with Crippen LogP contribution in [0, 0.1) is 35.2 Å². The molecule has 0 saturated carbocycles. The summed E-state index contributed by atoms with van der Waals surface area (Å²) in [5.74, 6) is -3.89. The number of aromatic nitrogens is 9. The van der Waals surface area contributed by atoms with Crippen LogP contribution in [0.5, 0.6) is 0 Å². The first-order chi connectivity index (χ1) is 48.2. The van der Waals surface area contributed by atoms with Crippen molar-refractivity contribution in [3.8, 4) is 17.1 Å². The van der Waals surface area contributed by atoms with E-state index in [4.69, 9.17) is 17.2 Å². The summed E-state index contributed by atoms with van der Waals surface area (Å²) in [6.45, 7) is 6.84. The van der Waals surface area contributed by atoms with Gasteiger partial charge in [-0.05, 0) is 155 Å². The first kappa shape index (κ1) is 73.6. The molecule has 0 radical (unpaired) electrons. The Bertz CT molecular complexity index is 4540. The zero-order chi connectivity index (χ0) is 72.6. The Morgan fingerprint density at radius 3 is 1.05 bits per heavy atom. The van der Waals surface area contributed by atoms with Gasteiger partial charge in [-0.3, -0.25) is 43.7 Å². The van der Waals surface area contributed by atoms with E-state index in [0.29, 0.717) is 105 Å². The lowest BCUT2D eigenvalue weighted by molar-refractivity contribution is -0.123. The van der Waals surface area contributed by atoms with Gasteiger partial charge in [-0.2, -0.15) is 23.9 Å². The largest absolute Gasteiger partial charge is 0.368 e. The maximum Gasteiger partial charge on any atom is 0.253 e. The number of nitrogens with one attached hydrogen (secondary N) is 4. The summed E-state index contributed by atoms with van der Waals surface area (Å²) in [6.07, 6.45) is 20.9. The van der Waals surface area contributed by atoms with Crippen LogP contribution < -0.4 is 38.5 Å². The highest BCUT2D eigenvalue weighted by atomic mass is 32.2. The zero-order valence-corrected chi connectivity index (χ0v) is 57.6. The second-order valence-electron chi connectivity index (χ2n) is 25.3. The Labute approximate surface area is 580 Å². The lowest BCUT2D eigenvalue weighted by atomic mass is 9.84. The maximum absolute atomic E-state index is 13.3. The SMILES string of the molecule is CC[C@H](NC(=O)c1cncc2c1cnn2-c1ccc(F)cc1)C1CCNC(C(N)=O)C1.CC[C@H](NC(=O)c1cncc2c1cnn2-c1ccc(F)cc1)[C@@H]1CCN(S(C)(=O)=O)[C@H](C(N)=O)C1.CC[C@H](NC(=O)c1cncc2c1cnn2-c1ccc(F)cc1)[C@H]1CCN(S(C)(=O)=O)[C@@H](C(N)=O)C1. The van der Waals surface area contributed by atoms with Crippen molar-refractivity contribution in [2.75, 3.05) is 32.1 Å². The summed E-state index contributed by atoms with van der Waals surface area (Å²) < 4.78 is 95.2. The Morgan fingerprint density at radius 1 is 0.465 bits per heavy atom. The van der Waals surface area contributed by atoms with E-state index in [9.17, 15) is 58.8 Å². The lowest BCUT2D eigenvalue weighted by Crippen LogP contribution is -2.55. The Balaban J connectivity index is 0.000000164. The number of nitrogens with two attached hydrogens (primary N) is 3. The summed E-state index contributed by atoms with van der Waals surface area (Å²) in [6, 6.07) is 14.6. The molecule has 6 amide bonds. The Kier molecular flexibility index (Phi) is 23.1. The van der Waals surface area contributed by atoms with Crippen molar-refractivity contribution in [1.29, 1.82) is 0 Å². The molecular weight excluding hydrogens is 1350 g/mol. The highest BCUT2D eigenvalue weighted by Gasteiger charge is 2.42. The number of primary amides is 3. The molecule has 28 nitrogen and oxygen atoms in total. The predicted octanol–water partition coefficient (Wildman–Crippen LogP) is 5.11. The molecule has 9 atom stereocenters. The fourth-order valence-electron chi connectivity index (χ4n) is 13.6. The van der Waals surface area contributed by atoms with Crippen LogP contribution in [0.1, 0.15) is 110 Å². The second kappa shape index (κ2) is 31.6. The van der Waals surface area contributed by atoms with Crippen LogP contribution >= 0.6 is 0 Å². The number of pyridine rings is 3. The van der Waals surface area contributed by atoms with E-state index in [0.717, 1.165) is 34.0 Å². The minimum atomic E-state index is -3.58. The molecule has 3 aliphatic heterocycles. The highest BCUT2D eigenvalue weighted by Crippen LogP contribution is 2.33. The molecule has 3 aliphatic rings. The fraction of sp³-hybridized carbons (Fsp3) is 0.382. The van der Waals surface area contributed by atoms with Gasteiger partial charge in [0.1, 0.15) is 29.5 Å². The predicted molar refractivity (Wildman–Crippen MR) is 369 cm³/mol. The number of halogens is 3. The number of piperidine rings is 3. The normalized spacial score (nSPS) is 19.9. The van der Waals surface area contributed by atoms with Crippen LogP contribution in [-0.4, -0.2) is 174 Å². The van der Waals surface area contributed by atoms with Gasteiger partial charge < -0.3 is 38.5 Å². The standard InChI is InChI=1S/2C23H27FN6O4S.C22H25FN6O2/c2*1-3-19(14-8-9-29(35(2,33)34)20(10-14)22(25)31)28-23(32)18-11-26-13-21-17(18)12-27-30(21)16-6-4-15(24)5-7-16;1-2-18(13-7-8-26-19(9-13)21(24)30)28-22(31)17-10-25-12-20-16(17)11-27-29(20)15-5-3-14(23)4-6-15/h2*4-7,11-14,19-20H,3,8-10H2,1-2H3,(H2,25,31)(H,28,32);3-6,10-13,18-19,26H,2,7-9H2,1H3,(H2,24,30)(H,28,31)/t14-,19+,20+;14-,19-,20+;13?,18-,19?/m100/s1. The monoisotopic (exact) mass is 1430 g/mol. The summed E-state index contributed by atoms with van der Waals surface area (Å²) >= 11 is 0.